The monoisotopic (exact) mass is 331 g/mol. The second-order valence-electron chi connectivity index (χ2n) is 5.62. The summed E-state index contributed by atoms with van der Waals surface area (Å²) in [6, 6.07) is 4.35. The molecular formula is C16H20F3NO3. The Morgan fingerprint density at radius 1 is 1.22 bits per heavy atom. The van der Waals surface area contributed by atoms with Crippen LogP contribution in [-0.2, 0) is 0 Å². The molecule has 0 spiro atoms. The number of halogens is 3. The largest absolute Gasteiger partial charge is 0.493 e. The summed E-state index contributed by atoms with van der Waals surface area (Å²) < 4.78 is 48.8. The Hall–Kier alpha value is -1.92. The lowest BCUT2D eigenvalue weighted by atomic mass is 9.85. The number of amides is 1. The maximum absolute atomic E-state index is 12.8. The number of carbonyl (C=O) groups is 1. The van der Waals surface area contributed by atoms with Crippen molar-refractivity contribution in [3.8, 4) is 11.5 Å². The molecule has 1 amide bonds. The Balaban J connectivity index is 2.10. The molecular weight excluding hydrogens is 311 g/mol. The van der Waals surface area contributed by atoms with Gasteiger partial charge in [-0.2, -0.15) is 13.2 Å². The van der Waals surface area contributed by atoms with Gasteiger partial charge < -0.3 is 14.8 Å². The van der Waals surface area contributed by atoms with E-state index in [0.717, 1.165) is 0 Å². The average molecular weight is 331 g/mol. The van der Waals surface area contributed by atoms with E-state index in [1.807, 2.05) is 0 Å². The Morgan fingerprint density at radius 2 is 1.96 bits per heavy atom. The zero-order chi connectivity index (χ0) is 17.0. The minimum absolute atomic E-state index is 0.0818. The standard InChI is InChI=1S/C16H20F3NO3/c1-22-13-8-4-7-12(14(13)23-2)15(21)20-11-6-3-5-10(9-11)16(17,18)19/h4,7-8,10-11H,3,5-6,9H2,1-2H3,(H,20,21)/t10-,11+/m1/s1. The summed E-state index contributed by atoms with van der Waals surface area (Å²) in [6.07, 6.45) is -3.17. The maximum atomic E-state index is 12.8. The molecule has 1 aliphatic rings. The SMILES string of the molecule is COc1cccc(C(=O)N[C@H]2CCC[C@@H](C(F)(F)F)C2)c1OC. The lowest BCUT2D eigenvalue weighted by Crippen LogP contribution is -2.41. The van der Waals surface area contributed by atoms with Gasteiger partial charge in [0, 0.05) is 6.04 Å². The number of hydrogen-bond donors (Lipinski definition) is 1. The van der Waals surface area contributed by atoms with Crippen molar-refractivity contribution in [3.63, 3.8) is 0 Å². The third-order valence-corrected chi connectivity index (χ3v) is 4.12. The van der Waals surface area contributed by atoms with Crippen molar-refractivity contribution in [1.29, 1.82) is 0 Å². The first-order chi connectivity index (χ1) is 10.9. The minimum Gasteiger partial charge on any atom is -0.493 e. The number of benzene rings is 1. The van der Waals surface area contributed by atoms with Gasteiger partial charge in [0.05, 0.1) is 25.7 Å². The van der Waals surface area contributed by atoms with E-state index in [9.17, 15) is 18.0 Å². The van der Waals surface area contributed by atoms with Crippen LogP contribution in [-0.4, -0.2) is 32.3 Å². The van der Waals surface area contributed by atoms with E-state index < -0.39 is 24.0 Å². The van der Waals surface area contributed by atoms with Crippen molar-refractivity contribution in [1.82, 2.24) is 5.32 Å². The van der Waals surface area contributed by atoms with Crippen LogP contribution in [0.2, 0.25) is 0 Å². The Morgan fingerprint density at radius 3 is 2.57 bits per heavy atom. The number of ether oxygens (including phenoxy) is 2. The number of nitrogens with one attached hydrogen (secondary N) is 1. The van der Waals surface area contributed by atoms with Gasteiger partial charge in [-0.25, -0.2) is 0 Å². The maximum Gasteiger partial charge on any atom is 0.391 e. The predicted octanol–water partition coefficient (Wildman–Crippen LogP) is 3.55. The summed E-state index contributed by atoms with van der Waals surface area (Å²) in [5.41, 5.74) is 0.251. The molecule has 0 aliphatic heterocycles. The average Bonchev–Trinajstić information content (AvgIpc) is 2.53. The summed E-state index contributed by atoms with van der Waals surface area (Å²) in [5.74, 6) is -1.13. The van der Waals surface area contributed by atoms with E-state index in [1.165, 1.54) is 14.2 Å². The first-order valence-corrected chi connectivity index (χ1v) is 7.45. The number of methoxy groups -OCH3 is 2. The molecule has 0 unspecified atom stereocenters. The first kappa shape index (κ1) is 17.4. The molecule has 0 heterocycles. The van der Waals surface area contributed by atoms with Crippen LogP contribution >= 0.6 is 0 Å². The predicted molar refractivity (Wildman–Crippen MR) is 78.8 cm³/mol. The van der Waals surface area contributed by atoms with Gasteiger partial charge in [-0.05, 0) is 31.4 Å². The first-order valence-electron chi connectivity index (χ1n) is 7.45. The van der Waals surface area contributed by atoms with E-state index in [2.05, 4.69) is 5.32 Å². The highest BCUT2D eigenvalue weighted by atomic mass is 19.4. The fraction of sp³-hybridized carbons (Fsp3) is 0.562. The molecule has 1 aromatic rings. The molecule has 7 heteroatoms. The van der Waals surface area contributed by atoms with E-state index in [1.54, 1.807) is 18.2 Å². The van der Waals surface area contributed by atoms with E-state index >= 15 is 0 Å². The quantitative estimate of drug-likeness (QED) is 0.918. The molecule has 2 rings (SSSR count). The number of hydrogen-bond acceptors (Lipinski definition) is 3. The number of carbonyl (C=O) groups excluding carboxylic acids is 1. The van der Waals surface area contributed by atoms with Gasteiger partial charge in [0.1, 0.15) is 0 Å². The molecule has 1 N–H and O–H groups in total. The Kier molecular flexibility index (Phi) is 5.38. The Bertz CT molecular complexity index is 560. The van der Waals surface area contributed by atoms with Gasteiger partial charge in [0.25, 0.3) is 5.91 Å². The fourth-order valence-electron chi connectivity index (χ4n) is 2.95. The van der Waals surface area contributed by atoms with Crippen LogP contribution in [0.15, 0.2) is 18.2 Å². The van der Waals surface area contributed by atoms with Gasteiger partial charge >= 0.3 is 6.18 Å². The third kappa shape index (κ3) is 4.09. The zero-order valence-corrected chi connectivity index (χ0v) is 13.1. The molecule has 0 radical (unpaired) electrons. The van der Waals surface area contributed by atoms with Crippen LogP contribution < -0.4 is 14.8 Å². The molecule has 1 aliphatic carbocycles. The molecule has 128 valence electrons. The lowest BCUT2D eigenvalue weighted by Gasteiger charge is -2.31. The van der Waals surface area contributed by atoms with Crippen LogP contribution in [0.3, 0.4) is 0 Å². The second-order valence-corrected chi connectivity index (χ2v) is 5.62. The molecule has 23 heavy (non-hydrogen) atoms. The fourth-order valence-corrected chi connectivity index (χ4v) is 2.95. The van der Waals surface area contributed by atoms with Gasteiger partial charge in [-0.15, -0.1) is 0 Å². The second kappa shape index (κ2) is 7.10. The summed E-state index contributed by atoms with van der Waals surface area (Å²) in [7, 11) is 2.86. The van der Waals surface area contributed by atoms with Crippen molar-refractivity contribution in [2.45, 2.75) is 37.9 Å². The number of alkyl halides is 3. The smallest absolute Gasteiger partial charge is 0.391 e. The molecule has 1 saturated carbocycles. The third-order valence-electron chi connectivity index (χ3n) is 4.12. The minimum atomic E-state index is -4.21. The van der Waals surface area contributed by atoms with Gasteiger partial charge in [-0.3, -0.25) is 4.79 Å². The summed E-state index contributed by atoms with van der Waals surface area (Å²) >= 11 is 0. The van der Waals surface area contributed by atoms with E-state index in [-0.39, 0.29) is 24.2 Å². The van der Waals surface area contributed by atoms with Gasteiger partial charge in [0.15, 0.2) is 11.5 Å². The van der Waals surface area contributed by atoms with Gasteiger partial charge in [-0.1, -0.05) is 12.5 Å². The van der Waals surface area contributed by atoms with Gasteiger partial charge in [0.2, 0.25) is 0 Å². The topological polar surface area (TPSA) is 47.6 Å². The molecule has 2 atom stereocenters. The molecule has 0 aromatic heterocycles. The highest BCUT2D eigenvalue weighted by Crippen LogP contribution is 2.38. The van der Waals surface area contributed by atoms with Crippen molar-refractivity contribution in [3.05, 3.63) is 23.8 Å². The molecule has 0 bridgehead atoms. The van der Waals surface area contributed by atoms with Crippen LogP contribution in [0.1, 0.15) is 36.0 Å². The van der Waals surface area contributed by atoms with E-state index in [4.69, 9.17) is 9.47 Å². The molecule has 0 saturated heterocycles. The zero-order valence-electron chi connectivity index (χ0n) is 13.1. The molecule has 4 nitrogen and oxygen atoms in total. The summed E-state index contributed by atoms with van der Waals surface area (Å²) in [6.45, 7) is 0. The number of para-hydroxylation sites is 1. The normalized spacial score (nSPS) is 21.6. The van der Waals surface area contributed by atoms with Crippen molar-refractivity contribution < 1.29 is 27.4 Å². The summed E-state index contributed by atoms with van der Waals surface area (Å²) in [4.78, 5) is 12.4. The van der Waals surface area contributed by atoms with Crippen LogP contribution in [0.4, 0.5) is 13.2 Å². The highest BCUT2D eigenvalue weighted by molar-refractivity contribution is 5.98. The lowest BCUT2D eigenvalue weighted by molar-refractivity contribution is -0.183. The van der Waals surface area contributed by atoms with Crippen LogP contribution in [0.25, 0.3) is 0 Å². The van der Waals surface area contributed by atoms with Crippen molar-refractivity contribution >= 4 is 5.91 Å². The molecule has 1 fully saturated rings. The van der Waals surface area contributed by atoms with Crippen LogP contribution in [0, 0.1) is 5.92 Å². The van der Waals surface area contributed by atoms with Crippen molar-refractivity contribution in [2.75, 3.05) is 14.2 Å². The number of rotatable bonds is 4. The van der Waals surface area contributed by atoms with Crippen molar-refractivity contribution in [2.24, 2.45) is 5.92 Å². The van der Waals surface area contributed by atoms with Crippen LogP contribution in [0.5, 0.6) is 11.5 Å². The summed E-state index contributed by atoms with van der Waals surface area (Å²) in [5, 5.41) is 2.69. The molecule has 1 aromatic carbocycles. The van der Waals surface area contributed by atoms with E-state index in [0.29, 0.717) is 18.6 Å². The Labute approximate surface area is 133 Å². The highest BCUT2D eigenvalue weighted by Gasteiger charge is 2.42.